The van der Waals surface area contributed by atoms with E-state index in [9.17, 15) is 23.1 Å². The molecule has 4 nitrogen and oxygen atoms in total. The molecule has 19 heavy (non-hydrogen) atoms. The standard InChI is InChI=1S/C12H13F3N2O2/c13-12(14,15)8-1-2-10(16-7-8)11(19)17-5-3-9(18)4-6-17/h1-2,7,9,18H,3-6H2. The van der Waals surface area contributed by atoms with Gasteiger partial charge in [-0.25, -0.2) is 0 Å². The normalized spacial score (nSPS) is 17.6. The van der Waals surface area contributed by atoms with Crippen LogP contribution in [-0.2, 0) is 6.18 Å². The number of likely N-dealkylation sites (tertiary alicyclic amines) is 1. The zero-order valence-corrected chi connectivity index (χ0v) is 10.0. The number of aromatic nitrogens is 1. The average molecular weight is 274 g/mol. The highest BCUT2D eigenvalue weighted by Gasteiger charge is 2.31. The first-order valence-corrected chi connectivity index (χ1v) is 5.88. The summed E-state index contributed by atoms with van der Waals surface area (Å²) in [6.07, 6.45) is -3.25. The number of alkyl halides is 3. The van der Waals surface area contributed by atoms with E-state index in [2.05, 4.69) is 4.98 Å². The number of aliphatic hydroxyl groups excluding tert-OH is 1. The van der Waals surface area contributed by atoms with E-state index in [0.717, 1.165) is 12.1 Å². The number of carbonyl (C=O) groups is 1. The summed E-state index contributed by atoms with van der Waals surface area (Å²) in [5.41, 5.74) is -0.887. The molecule has 0 spiro atoms. The molecular weight excluding hydrogens is 261 g/mol. The van der Waals surface area contributed by atoms with Crippen molar-refractivity contribution in [2.75, 3.05) is 13.1 Å². The third kappa shape index (κ3) is 3.23. The van der Waals surface area contributed by atoms with Gasteiger partial charge in [0.25, 0.3) is 5.91 Å². The highest BCUT2D eigenvalue weighted by Crippen LogP contribution is 2.28. The number of amides is 1. The van der Waals surface area contributed by atoms with E-state index in [4.69, 9.17) is 0 Å². The molecule has 1 N–H and O–H groups in total. The Morgan fingerprint density at radius 3 is 2.42 bits per heavy atom. The van der Waals surface area contributed by atoms with Crippen LogP contribution in [0, 0.1) is 0 Å². The number of halogens is 3. The van der Waals surface area contributed by atoms with Crippen LogP contribution in [0.4, 0.5) is 13.2 Å². The molecule has 1 fully saturated rings. The lowest BCUT2D eigenvalue weighted by atomic mass is 10.1. The molecule has 0 aromatic carbocycles. The Balaban J connectivity index is 2.08. The van der Waals surface area contributed by atoms with Crippen LogP contribution in [0.3, 0.4) is 0 Å². The minimum atomic E-state index is -4.45. The Kier molecular flexibility index (Phi) is 3.75. The highest BCUT2D eigenvalue weighted by molar-refractivity contribution is 5.92. The van der Waals surface area contributed by atoms with Crippen molar-refractivity contribution in [2.45, 2.75) is 25.1 Å². The third-order valence-corrected chi connectivity index (χ3v) is 3.06. The first-order chi connectivity index (χ1) is 8.88. The number of carbonyl (C=O) groups excluding carboxylic acids is 1. The van der Waals surface area contributed by atoms with Crippen molar-refractivity contribution in [2.24, 2.45) is 0 Å². The average Bonchev–Trinajstić information content (AvgIpc) is 2.38. The van der Waals surface area contributed by atoms with Crippen molar-refractivity contribution in [1.82, 2.24) is 9.88 Å². The van der Waals surface area contributed by atoms with Crippen molar-refractivity contribution in [3.8, 4) is 0 Å². The largest absolute Gasteiger partial charge is 0.417 e. The van der Waals surface area contributed by atoms with Crippen LogP contribution < -0.4 is 0 Å². The van der Waals surface area contributed by atoms with E-state index in [-0.39, 0.29) is 5.69 Å². The molecular formula is C12H13F3N2O2. The van der Waals surface area contributed by atoms with Crippen LogP contribution in [-0.4, -0.2) is 40.1 Å². The van der Waals surface area contributed by atoms with Crippen LogP contribution in [0.25, 0.3) is 0 Å². The number of hydrogen-bond donors (Lipinski definition) is 1. The van der Waals surface area contributed by atoms with Gasteiger partial charge in [0.2, 0.25) is 0 Å². The molecule has 2 heterocycles. The molecule has 0 atom stereocenters. The van der Waals surface area contributed by atoms with E-state index in [1.165, 1.54) is 4.90 Å². The predicted molar refractivity (Wildman–Crippen MR) is 60.4 cm³/mol. The lowest BCUT2D eigenvalue weighted by Crippen LogP contribution is -2.40. The van der Waals surface area contributed by atoms with Gasteiger partial charge < -0.3 is 10.0 Å². The van der Waals surface area contributed by atoms with E-state index in [0.29, 0.717) is 32.1 Å². The Bertz CT molecular complexity index is 451. The first kappa shape index (κ1) is 13.8. The zero-order chi connectivity index (χ0) is 14.0. The van der Waals surface area contributed by atoms with Crippen LogP contribution in [0.1, 0.15) is 28.9 Å². The number of pyridine rings is 1. The summed E-state index contributed by atoms with van der Waals surface area (Å²) in [5.74, 6) is -0.402. The molecule has 1 aromatic heterocycles. The van der Waals surface area contributed by atoms with Gasteiger partial charge in [-0.05, 0) is 25.0 Å². The van der Waals surface area contributed by atoms with Gasteiger partial charge in [-0.15, -0.1) is 0 Å². The molecule has 1 saturated heterocycles. The van der Waals surface area contributed by atoms with Gasteiger partial charge in [-0.3, -0.25) is 9.78 Å². The Hall–Kier alpha value is -1.63. The van der Waals surface area contributed by atoms with Gasteiger partial charge in [0.05, 0.1) is 11.7 Å². The molecule has 104 valence electrons. The molecule has 0 bridgehead atoms. The number of nitrogens with zero attached hydrogens (tertiary/aromatic N) is 2. The fourth-order valence-corrected chi connectivity index (χ4v) is 1.92. The van der Waals surface area contributed by atoms with Gasteiger partial charge in [0, 0.05) is 19.3 Å². The Morgan fingerprint density at radius 2 is 1.95 bits per heavy atom. The molecule has 1 aliphatic heterocycles. The molecule has 0 unspecified atom stereocenters. The SMILES string of the molecule is O=C(c1ccc(C(F)(F)F)cn1)N1CCC(O)CC1. The van der Waals surface area contributed by atoms with Crippen molar-refractivity contribution in [3.63, 3.8) is 0 Å². The third-order valence-electron chi connectivity index (χ3n) is 3.06. The molecule has 1 aliphatic rings. The minimum Gasteiger partial charge on any atom is -0.393 e. The summed E-state index contributed by atoms with van der Waals surface area (Å²) in [6.45, 7) is 0.783. The molecule has 7 heteroatoms. The smallest absolute Gasteiger partial charge is 0.393 e. The van der Waals surface area contributed by atoms with Crippen LogP contribution in [0.5, 0.6) is 0 Å². The van der Waals surface area contributed by atoms with Crippen molar-refractivity contribution < 1.29 is 23.1 Å². The second kappa shape index (κ2) is 5.16. The maximum atomic E-state index is 12.4. The van der Waals surface area contributed by atoms with Crippen molar-refractivity contribution in [1.29, 1.82) is 0 Å². The molecule has 1 amide bonds. The van der Waals surface area contributed by atoms with Crippen LogP contribution in [0.2, 0.25) is 0 Å². The maximum absolute atomic E-state index is 12.4. The monoisotopic (exact) mass is 274 g/mol. The van der Waals surface area contributed by atoms with Gasteiger partial charge in [-0.2, -0.15) is 13.2 Å². The lowest BCUT2D eigenvalue weighted by molar-refractivity contribution is -0.137. The van der Waals surface area contributed by atoms with Crippen LogP contribution >= 0.6 is 0 Å². The molecule has 0 aliphatic carbocycles. The predicted octanol–water partition coefficient (Wildman–Crippen LogP) is 1.70. The second-order valence-electron chi connectivity index (χ2n) is 4.45. The quantitative estimate of drug-likeness (QED) is 0.848. The molecule has 1 aromatic rings. The molecule has 0 saturated carbocycles. The van der Waals surface area contributed by atoms with Gasteiger partial charge in [0.1, 0.15) is 5.69 Å². The lowest BCUT2D eigenvalue weighted by Gasteiger charge is -2.29. The number of rotatable bonds is 1. The fourth-order valence-electron chi connectivity index (χ4n) is 1.92. The summed E-state index contributed by atoms with van der Waals surface area (Å²) in [4.78, 5) is 17.0. The number of piperidine rings is 1. The van der Waals surface area contributed by atoms with Gasteiger partial charge >= 0.3 is 6.18 Å². The zero-order valence-electron chi connectivity index (χ0n) is 10.0. The summed E-state index contributed by atoms with van der Waals surface area (Å²) in [7, 11) is 0. The number of aliphatic hydroxyl groups is 1. The fraction of sp³-hybridized carbons (Fsp3) is 0.500. The summed E-state index contributed by atoms with van der Waals surface area (Å²) >= 11 is 0. The van der Waals surface area contributed by atoms with Gasteiger partial charge in [-0.1, -0.05) is 0 Å². The number of hydrogen-bond acceptors (Lipinski definition) is 3. The first-order valence-electron chi connectivity index (χ1n) is 5.88. The Morgan fingerprint density at radius 1 is 1.32 bits per heavy atom. The molecule has 2 rings (SSSR count). The summed E-state index contributed by atoms with van der Waals surface area (Å²) in [6, 6.07) is 1.93. The summed E-state index contributed by atoms with van der Waals surface area (Å²) < 4.78 is 37.1. The van der Waals surface area contributed by atoms with E-state index in [1.54, 1.807) is 0 Å². The van der Waals surface area contributed by atoms with Gasteiger partial charge in [0.15, 0.2) is 0 Å². The Labute approximate surface area is 107 Å². The second-order valence-corrected chi connectivity index (χ2v) is 4.45. The van der Waals surface area contributed by atoms with E-state index in [1.807, 2.05) is 0 Å². The molecule has 0 radical (unpaired) electrons. The van der Waals surface area contributed by atoms with Crippen molar-refractivity contribution >= 4 is 5.91 Å². The topological polar surface area (TPSA) is 53.4 Å². The maximum Gasteiger partial charge on any atom is 0.417 e. The van der Waals surface area contributed by atoms with E-state index < -0.39 is 23.8 Å². The summed E-state index contributed by atoms with van der Waals surface area (Å²) in [5, 5.41) is 9.33. The van der Waals surface area contributed by atoms with Crippen LogP contribution in [0.15, 0.2) is 18.3 Å². The highest BCUT2D eigenvalue weighted by atomic mass is 19.4. The van der Waals surface area contributed by atoms with E-state index >= 15 is 0 Å². The minimum absolute atomic E-state index is 0.00982. The van der Waals surface area contributed by atoms with Crippen molar-refractivity contribution in [3.05, 3.63) is 29.6 Å².